The minimum Gasteiger partial charge on any atom is -0.481 e. The molecule has 0 heterocycles. The van der Waals surface area contributed by atoms with Gasteiger partial charge in [0, 0.05) is 6.42 Å². The number of benzene rings is 1. The van der Waals surface area contributed by atoms with E-state index < -0.39 is 11.9 Å². The highest BCUT2D eigenvalue weighted by molar-refractivity contribution is 5.76. The van der Waals surface area contributed by atoms with Crippen molar-refractivity contribution in [1.29, 1.82) is 0 Å². The van der Waals surface area contributed by atoms with Gasteiger partial charge in [-0.2, -0.15) is 0 Å². The Morgan fingerprint density at radius 3 is 2.60 bits per heavy atom. The zero-order chi connectivity index (χ0) is 11.1. The molecule has 1 unspecified atom stereocenters. The molecule has 1 aromatic carbocycles. The Labute approximate surface area is 89.9 Å². The number of carbonyl (C=O) groups is 1. The average Bonchev–Trinajstić information content (AvgIpc) is 2.25. The largest absolute Gasteiger partial charge is 0.481 e. The van der Waals surface area contributed by atoms with Crippen molar-refractivity contribution in [3.05, 3.63) is 35.9 Å². The van der Waals surface area contributed by atoms with Gasteiger partial charge in [0.15, 0.2) is 0 Å². The third kappa shape index (κ3) is 3.47. The third-order valence-electron chi connectivity index (χ3n) is 2.23. The van der Waals surface area contributed by atoms with E-state index in [-0.39, 0.29) is 0 Å². The van der Waals surface area contributed by atoms with Crippen LogP contribution in [0, 0.1) is 11.8 Å². The van der Waals surface area contributed by atoms with Gasteiger partial charge in [-0.15, -0.1) is 11.8 Å². The summed E-state index contributed by atoms with van der Waals surface area (Å²) in [6.07, 6.45) is 1.20. The first-order chi connectivity index (χ1) is 7.25. The molecule has 78 valence electrons. The Bertz CT molecular complexity index is 371. The molecular formula is C13H14O2. The summed E-state index contributed by atoms with van der Waals surface area (Å²) in [5, 5.41) is 9.08. The maximum Gasteiger partial charge on any atom is 0.311 e. The molecule has 0 saturated heterocycles. The fourth-order valence-corrected chi connectivity index (χ4v) is 1.46. The van der Waals surface area contributed by atoms with E-state index in [1.807, 2.05) is 30.3 Å². The van der Waals surface area contributed by atoms with E-state index in [9.17, 15) is 4.79 Å². The molecule has 0 aromatic heterocycles. The summed E-state index contributed by atoms with van der Waals surface area (Å²) >= 11 is 0. The van der Waals surface area contributed by atoms with Crippen molar-refractivity contribution in [1.82, 2.24) is 0 Å². The molecule has 0 bridgehead atoms. The van der Waals surface area contributed by atoms with Gasteiger partial charge in [0.05, 0.1) is 5.92 Å². The van der Waals surface area contributed by atoms with Crippen LogP contribution in [0.15, 0.2) is 30.3 Å². The Balaban J connectivity index is 2.73. The summed E-state index contributed by atoms with van der Waals surface area (Å²) < 4.78 is 0. The maximum absolute atomic E-state index is 11.0. The lowest BCUT2D eigenvalue weighted by Gasteiger charge is -2.10. The monoisotopic (exact) mass is 202 g/mol. The highest BCUT2D eigenvalue weighted by Crippen LogP contribution is 2.20. The fourth-order valence-electron chi connectivity index (χ4n) is 1.46. The van der Waals surface area contributed by atoms with Crippen LogP contribution in [0.5, 0.6) is 0 Å². The second-order valence-corrected chi connectivity index (χ2v) is 3.27. The first-order valence-corrected chi connectivity index (χ1v) is 4.93. The van der Waals surface area contributed by atoms with Crippen LogP contribution >= 0.6 is 0 Å². The molecule has 15 heavy (non-hydrogen) atoms. The molecular weight excluding hydrogens is 188 g/mol. The zero-order valence-electron chi connectivity index (χ0n) is 8.73. The van der Waals surface area contributed by atoms with E-state index in [1.54, 1.807) is 6.92 Å². The molecule has 2 heteroatoms. The molecule has 0 saturated carbocycles. The Morgan fingerprint density at radius 1 is 1.40 bits per heavy atom. The average molecular weight is 202 g/mol. The molecule has 0 aliphatic heterocycles. The van der Waals surface area contributed by atoms with Crippen LogP contribution in [-0.4, -0.2) is 11.1 Å². The molecule has 0 aliphatic rings. The van der Waals surface area contributed by atoms with Crippen molar-refractivity contribution in [2.45, 2.75) is 25.7 Å². The predicted octanol–water partition coefficient (Wildman–Crippen LogP) is 2.66. The summed E-state index contributed by atoms with van der Waals surface area (Å²) in [7, 11) is 0. The smallest absolute Gasteiger partial charge is 0.311 e. The summed E-state index contributed by atoms with van der Waals surface area (Å²) in [5.74, 6) is 4.44. The van der Waals surface area contributed by atoms with E-state index >= 15 is 0 Å². The van der Waals surface area contributed by atoms with Crippen molar-refractivity contribution in [3.8, 4) is 11.8 Å². The standard InChI is InChI=1S/C13H14O2/c1-2-3-5-10-12(13(14)15)11-8-6-4-7-9-11/h4,6-9,12H,5,10H2,1H3,(H,14,15). The number of rotatable bonds is 4. The fraction of sp³-hybridized carbons (Fsp3) is 0.308. The van der Waals surface area contributed by atoms with Crippen LogP contribution in [-0.2, 0) is 4.79 Å². The van der Waals surface area contributed by atoms with Crippen molar-refractivity contribution in [2.24, 2.45) is 0 Å². The Hall–Kier alpha value is -1.75. The molecule has 0 spiro atoms. The molecule has 1 rings (SSSR count). The molecule has 0 amide bonds. The quantitative estimate of drug-likeness (QED) is 0.762. The molecule has 1 aromatic rings. The van der Waals surface area contributed by atoms with Gasteiger partial charge < -0.3 is 5.11 Å². The van der Waals surface area contributed by atoms with Crippen LogP contribution < -0.4 is 0 Å². The molecule has 0 radical (unpaired) electrons. The summed E-state index contributed by atoms with van der Waals surface area (Å²) in [5.41, 5.74) is 0.850. The SMILES string of the molecule is CC#CCCC(C(=O)O)c1ccccc1. The molecule has 2 nitrogen and oxygen atoms in total. The van der Waals surface area contributed by atoms with Gasteiger partial charge in [0.25, 0.3) is 0 Å². The van der Waals surface area contributed by atoms with Crippen molar-refractivity contribution in [2.75, 3.05) is 0 Å². The summed E-state index contributed by atoms with van der Waals surface area (Å²) in [6.45, 7) is 1.76. The lowest BCUT2D eigenvalue weighted by Crippen LogP contribution is -2.11. The molecule has 1 N–H and O–H groups in total. The van der Waals surface area contributed by atoms with Crippen LogP contribution in [0.25, 0.3) is 0 Å². The van der Waals surface area contributed by atoms with Gasteiger partial charge in [-0.25, -0.2) is 0 Å². The van der Waals surface area contributed by atoms with E-state index in [0.717, 1.165) is 5.56 Å². The summed E-state index contributed by atoms with van der Waals surface area (Å²) in [6, 6.07) is 9.29. The first kappa shape index (κ1) is 11.3. The third-order valence-corrected chi connectivity index (χ3v) is 2.23. The topological polar surface area (TPSA) is 37.3 Å². The first-order valence-electron chi connectivity index (χ1n) is 4.93. The Morgan fingerprint density at radius 2 is 2.07 bits per heavy atom. The normalized spacial score (nSPS) is 11.3. The van der Waals surface area contributed by atoms with Gasteiger partial charge in [0.1, 0.15) is 0 Å². The lowest BCUT2D eigenvalue weighted by atomic mass is 9.94. The van der Waals surface area contributed by atoms with Crippen molar-refractivity contribution < 1.29 is 9.90 Å². The van der Waals surface area contributed by atoms with Gasteiger partial charge in [-0.05, 0) is 18.9 Å². The number of hydrogen-bond donors (Lipinski definition) is 1. The molecule has 1 atom stereocenters. The van der Waals surface area contributed by atoms with E-state index in [4.69, 9.17) is 5.11 Å². The van der Waals surface area contributed by atoms with Gasteiger partial charge in [-0.1, -0.05) is 30.3 Å². The minimum atomic E-state index is -0.779. The van der Waals surface area contributed by atoms with E-state index in [1.165, 1.54) is 0 Å². The van der Waals surface area contributed by atoms with Crippen LogP contribution in [0.2, 0.25) is 0 Å². The van der Waals surface area contributed by atoms with Gasteiger partial charge in [-0.3, -0.25) is 4.79 Å². The minimum absolute atomic E-state index is 0.438. The molecule has 0 aliphatic carbocycles. The van der Waals surface area contributed by atoms with Gasteiger partial charge in [0.2, 0.25) is 0 Å². The highest BCUT2D eigenvalue weighted by atomic mass is 16.4. The van der Waals surface area contributed by atoms with Crippen molar-refractivity contribution in [3.63, 3.8) is 0 Å². The number of carboxylic acids is 1. The Kier molecular flexibility index (Phi) is 4.43. The summed E-state index contributed by atoms with van der Waals surface area (Å²) in [4.78, 5) is 11.0. The van der Waals surface area contributed by atoms with Crippen molar-refractivity contribution >= 4 is 5.97 Å². The second-order valence-electron chi connectivity index (χ2n) is 3.27. The second kappa shape index (κ2) is 5.87. The number of aliphatic carboxylic acids is 1. The lowest BCUT2D eigenvalue weighted by molar-refractivity contribution is -0.138. The predicted molar refractivity (Wildman–Crippen MR) is 59.5 cm³/mol. The highest BCUT2D eigenvalue weighted by Gasteiger charge is 2.18. The van der Waals surface area contributed by atoms with Crippen LogP contribution in [0.4, 0.5) is 0 Å². The number of carboxylic acid groups (broad SMARTS) is 1. The number of hydrogen-bond acceptors (Lipinski definition) is 1. The molecule has 0 fully saturated rings. The van der Waals surface area contributed by atoms with Gasteiger partial charge >= 0.3 is 5.97 Å². The van der Waals surface area contributed by atoms with Crippen LogP contribution in [0.3, 0.4) is 0 Å². The van der Waals surface area contributed by atoms with E-state index in [2.05, 4.69) is 11.8 Å². The zero-order valence-corrected chi connectivity index (χ0v) is 8.73. The van der Waals surface area contributed by atoms with Crippen LogP contribution in [0.1, 0.15) is 31.2 Å². The van der Waals surface area contributed by atoms with E-state index in [0.29, 0.717) is 12.8 Å². The maximum atomic E-state index is 11.0.